The standard InChI is InChI=1S/C28H35ClN4O4.ClH/c1-18(2)20-16-19(28(35)32(5)15-9-14-31(3)4)12-13-22(20)33-23(17-21(30-33)27(29)34)26-24(36-6)10-8-11-25(26)37-7;/h8,10-13,16-18H,9,14-15H2,1-7H3;1H. The molecule has 0 radical (unpaired) electrons. The van der Waals surface area contributed by atoms with Crippen molar-refractivity contribution in [2.45, 2.75) is 26.2 Å². The number of nitrogens with zero attached hydrogens (tertiary/aromatic N) is 4. The molecule has 0 spiro atoms. The van der Waals surface area contributed by atoms with Gasteiger partial charge in [-0.2, -0.15) is 5.10 Å². The lowest BCUT2D eigenvalue weighted by atomic mass is 9.97. The van der Waals surface area contributed by atoms with Gasteiger partial charge in [-0.3, -0.25) is 9.59 Å². The summed E-state index contributed by atoms with van der Waals surface area (Å²) in [6.07, 6.45) is 0.886. The minimum absolute atomic E-state index is 0. The highest BCUT2D eigenvalue weighted by atomic mass is 35.5. The number of rotatable bonds is 11. The first-order valence-corrected chi connectivity index (χ1v) is 12.5. The van der Waals surface area contributed by atoms with Gasteiger partial charge in [0.15, 0.2) is 0 Å². The summed E-state index contributed by atoms with van der Waals surface area (Å²) in [6, 6.07) is 12.6. The van der Waals surface area contributed by atoms with Crippen molar-refractivity contribution in [3.8, 4) is 28.4 Å². The predicted octanol–water partition coefficient (Wildman–Crippen LogP) is 5.50. The quantitative estimate of drug-likeness (QED) is 0.287. The topological polar surface area (TPSA) is 76.9 Å². The van der Waals surface area contributed by atoms with Crippen LogP contribution >= 0.6 is 24.0 Å². The van der Waals surface area contributed by atoms with Gasteiger partial charge in [0.2, 0.25) is 0 Å². The highest BCUT2D eigenvalue weighted by molar-refractivity contribution is 6.67. The lowest BCUT2D eigenvalue weighted by Crippen LogP contribution is -2.30. The molecule has 3 aromatic rings. The van der Waals surface area contributed by atoms with Crippen LogP contribution in [0, 0.1) is 0 Å². The Morgan fingerprint density at radius 3 is 2.16 bits per heavy atom. The van der Waals surface area contributed by atoms with Crippen LogP contribution in [0.1, 0.15) is 52.6 Å². The molecule has 1 amide bonds. The van der Waals surface area contributed by atoms with Crippen molar-refractivity contribution in [3.63, 3.8) is 0 Å². The second kappa shape index (κ2) is 13.6. The molecular weight excluding hydrogens is 527 g/mol. The van der Waals surface area contributed by atoms with Crippen molar-refractivity contribution in [1.82, 2.24) is 19.6 Å². The second-order valence-electron chi connectivity index (χ2n) is 9.45. The molecule has 38 heavy (non-hydrogen) atoms. The third-order valence-electron chi connectivity index (χ3n) is 6.16. The Labute approximate surface area is 235 Å². The number of carbonyl (C=O) groups excluding carboxylic acids is 2. The van der Waals surface area contributed by atoms with Gasteiger partial charge in [-0.05, 0) is 86.5 Å². The highest BCUT2D eigenvalue weighted by Gasteiger charge is 2.24. The Balaban J connectivity index is 0.00000507. The van der Waals surface area contributed by atoms with Crippen molar-refractivity contribution >= 4 is 35.2 Å². The van der Waals surface area contributed by atoms with Gasteiger partial charge in [0, 0.05) is 19.2 Å². The number of amides is 1. The molecule has 0 saturated carbocycles. The molecule has 0 aliphatic carbocycles. The summed E-state index contributed by atoms with van der Waals surface area (Å²) >= 11 is 5.85. The van der Waals surface area contributed by atoms with Crippen LogP contribution in [0.3, 0.4) is 0 Å². The van der Waals surface area contributed by atoms with Gasteiger partial charge in [-0.15, -0.1) is 12.4 Å². The Morgan fingerprint density at radius 2 is 1.63 bits per heavy atom. The van der Waals surface area contributed by atoms with Gasteiger partial charge in [0.1, 0.15) is 17.2 Å². The zero-order valence-electron chi connectivity index (χ0n) is 22.9. The lowest BCUT2D eigenvalue weighted by Gasteiger charge is -2.21. The number of benzene rings is 2. The van der Waals surface area contributed by atoms with E-state index in [9.17, 15) is 9.59 Å². The van der Waals surface area contributed by atoms with Crippen LogP contribution < -0.4 is 9.47 Å². The molecular formula is C28H36Cl2N4O4. The number of hydrogen-bond acceptors (Lipinski definition) is 6. The van der Waals surface area contributed by atoms with Crippen LogP contribution in [-0.2, 0) is 0 Å². The van der Waals surface area contributed by atoms with Crippen LogP contribution in [0.5, 0.6) is 11.5 Å². The number of aromatic nitrogens is 2. The van der Waals surface area contributed by atoms with Crippen molar-refractivity contribution in [3.05, 3.63) is 59.3 Å². The number of halogens is 2. The smallest absolute Gasteiger partial charge is 0.272 e. The molecule has 3 rings (SSSR count). The van der Waals surface area contributed by atoms with E-state index < -0.39 is 5.24 Å². The molecule has 0 fully saturated rings. The summed E-state index contributed by atoms with van der Waals surface area (Å²) in [6.45, 7) is 5.67. The van der Waals surface area contributed by atoms with Crippen LogP contribution in [0.2, 0.25) is 0 Å². The minimum Gasteiger partial charge on any atom is -0.496 e. The minimum atomic E-state index is -0.675. The maximum absolute atomic E-state index is 13.2. The molecule has 0 atom stereocenters. The van der Waals surface area contributed by atoms with E-state index in [4.69, 9.17) is 21.1 Å². The Kier molecular flexibility index (Phi) is 11.2. The summed E-state index contributed by atoms with van der Waals surface area (Å²) < 4.78 is 12.9. The summed E-state index contributed by atoms with van der Waals surface area (Å²) in [4.78, 5) is 29.1. The van der Waals surface area contributed by atoms with Crippen LogP contribution in [0.15, 0.2) is 42.5 Å². The van der Waals surface area contributed by atoms with E-state index >= 15 is 0 Å². The van der Waals surface area contributed by atoms with Crippen molar-refractivity contribution < 1.29 is 19.1 Å². The third kappa shape index (κ3) is 6.87. The first-order valence-electron chi connectivity index (χ1n) is 12.1. The van der Waals surface area contributed by atoms with Gasteiger partial charge in [-0.1, -0.05) is 19.9 Å². The van der Waals surface area contributed by atoms with Gasteiger partial charge in [0.25, 0.3) is 11.1 Å². The van der Waals surface area contributed by atoms with Gasteiger partial charge < -0.3 is 19.3 Å². The molecule has 0 bridgehead atoms. The highest BCUT2D eigenvalue weighted by Crippen LogP contribution is 2.40. The Bertz CT molecular complexity index is 1250. The molecule has 0 aliphatic heterocycles. The van der Waals surface area contributed by atoms with Crippen molar-refractivity contribution in [1.29, 1.82) is 0 Å². The molecule has 0 N–H and O–H groups in total. The largest absolute Gasteiger partial charge is 0.496 e. The first-order chi connectivity index (χ1) is 17.6. The number of hydrogen-bond donors (Lipinski definition) is 0. The molecule has 10 heteroatoms. The molecule has 8 nitrogen and oxygen atoms in total. The zero-order valence-corrected chi connectivity index (χ0v) is 24.5. The number of ether oxygens (including phenoxy) is 2. The van der Waals surface area contributed by atoms with Gasteiger partial charge in [0.05, 0.1) is 31.2 Å². The van der Waals surface area contributed by atoms with Crippen LogP contribution in [-0.4, -0.2) is 79.2 Å². The molecule has 2 aromatic carbocycles. The van der Waals surface area contributed by atoms with Crippen molar-refractivity contribution in [2.24, 2.45) is 0 Å². The summed E-state index contributed by atoms with van der Waals surface area (Å²) in [5.74, 6) is 1.14. The number of methoxy groups -OCH3 is 2. The molecule has 0 unspecified atom stereocenters. The molecule has 1 aromatic heterocycles. The second-order valence-corrected chi connectivity index (χ2v) is 9.79. The fourth-order valence-electron chi connectivity index (χ4n) is 4.23. The third-order valence-corrected chi connectivity index (χ3v) is 6.36. The molecule has 0 saturated heterocycles. The summed E-state index contributed by atoms with van der Waals surface area (Å²) in [5.41, 5.74) is 3.55. The summed E-state index contributed by atoms with van der Waals surface area (Å²) in [5, 5.41) is 3.87. The SMILES string of the molecule is COc1cccc(OC)c1-c1cc(C(=O)Cl)nn1-c1ccc(C(=O)N(C)CCCN(C)C)cc1C(C)C.Cl. The van der Waals surface area contributed by atoms with E-state index in [-0.39, 0.29) is 29.9 Å². The van der Waals surface area contributed by atoms with Gasteiger partial charge in [-0.25, -0.2) is 4.68 Å². The van der Waals surface area contributed by atoms with E-state index in [1.165, 1.54) is 0 Å². The van der Waals surface area contributed by atoms with E-state index in [0.717, 1.165) is 24.2 Å². The van der Waals surface area contributed by atoms with E-state index in [0.29, 0.717) is 34.9 Å². The normalized spacial score (nSPS) is 10.9. The zero-order chi connectivity index (χ0) is 27.3. The molecule has 1 heterocycles. The van der Waals surface area contributed by atoms with Crippen LogP contribution in [0.4, 0.5) is 0 Å². The number of carbonyl (C=O) groups is 2. The van der Waals surface area contributed by atoms with E-state index in [1.54, 1.807) is 35.9 Å². The molecule has 0 aliphatic rings. The predicted molar refractivity (Wildman–Crippen MR) is 154 cm³/mol. The fourth-order valence-corrected chi connectivity index (χ4v) is 4.32. The van der Waals surface area contributed by atoms with Crippen molar-refractivity contribution in [2.75, 3.05) is 48.5 Å². The first kappa shape index (κ1) is 31.1. The van der Waals surface area contributed by atoms with E-state index in [2.05, 4.69) is 10.00 Å². The van der Waals surface area contributed by atoms with E-state index in [1.807, 2.05) is 65.3 Å². The Morgan fingerprint density at radius 1 is 1.00 bits per heavy atom. The summed E-state index contributed by atoms with van der Waals surface area (Å²) in [7, 11) is 8.99. The average molecular weight is 564 g/mol. The van der Waals surface area contributed by atoms with Gasteiger partial charge >= 0.3 is 0 Å². The maximum atomic E-state index is 13.2. The lowest BCUT2D eigenvalue weighted by molar-refractivity contribution is 0.0790. The monoisotopic (exact) mass is 562 g/mol. The maximum Gasteiger partial charge on any atom is 0.272 e. The Hall–Kier alpha value is -3.07. The van der Waals surface area contributed by atoms with Crippen LogP contribution in [0.25, 0.3) is 16.9 Å². The fraction of sp³-hybridized carbons (Fsp3) is 0.393. The average Bonchev–Trinajstić information content (AvgIpc) is 3.32. The molecule has 206 valence electrons.